The highest BCUT2D eigenvalue weighted by atomic mass is 16.5. The van der Waals surface area contributed by atoms with Gasteiger partial charge in [0.25, 0.3) is 0 Å². The number of carbonyl (C=O) groups is 2. The van der Waals surface area contributed by atoms with Crippen molar-refractivity contribution in [2.45, 2.75) is 20.8 Å². The van der Waals surface area contributed by atoms with Crippen molar-refractivity contribution < 1.29 is 14.3 Å². The van der Waals surface area contributed by atoms with Gasteiger partial charge in [-0.25, -0.2) is 9.97 Å². The number of nitrogens with zero attached hydrogens (tertiary/aromatic N) is 2. The van der Waals surface area contributed by atoms with Crippen LogP contribution in [0, 0.1) is 18.8 Å². The molecule has 0 aliphatic heterocycles. The first-order valence-electron chi connectivity index (χ1n) is 5.39. The van der Waals surface area contributed by atoms with Crippen LogP contribution in [0.2, 0.25) is 0 Å². The van der Waals surface area contributed by atoms with Gasteiger partial charge in [-0.1, -0.05) is 13.8 Å². The van der Waals surface area contributed by atoms with Gasteiger partial charge in [-0.3, -0.25) is 9.59 Å². The molecule has 5 nitrogen and oxygen atoms in total. The number of hydrogen-bond donors (Lipinski definition) is 0. The van der Waals surface area contributed by atoms with Crippen LogP contribution in [0.3, 0.4) is 0 Å². The number of Topliss-reactive ketones (excluding diaryl/α,β-unsaturated/α-hetero) is 1. The third-order valence-corrected chi connectivity index (χ3v) is 2.43. The van der Waals surface area contributed by atoms with Crippen molar-refractivity contribution in [3.8, 4) is 0 Å². The van der Waals surface area contributed by atoms with E-state index in [2.05, 4.69) is 14.7 Å². The van der Waals surface area contributed by atoms with Crippen LogP contribution in [0.15, 0.2) is 12.3 Å². The Balaban J connectivity index is 3.04. The maximum Gasteiger partial charge on any atom is 0.316 e. The van der Waals surface area contributed by atoms with Crippen LogP contribution in [0.1, 0.15) is 30.2 Å². The Kier molecular flexibility index (Phi) is 4.31. The lowest BCUT2D eigenvalue weighted by Gasteiger charge is -2.16. The molecule has 1 rings (SSSR count). The van der Waals surface area contributed by atoms with E-state index in [1.54, 1.807) is 20.8 Å². The van der Waals surface area contributed by atoms with E-state index in [0.717, 1.165) is 0 Å². The smallest absolute Gasteiger partial charge is 0.316 e. The summed E-state index contributed by atoms with van der Waals surface area (Å²) in [6.45, 7) is 5.29. The fraction of sp³-hybridized carbons (Fsp3) is 0.500. The summed E-state index contributed by atoms with van der Waals surface area (Å²) in [4.78, 5) is 31.7. The number of carbonyl (C=O) groups excluding carboxylic acids is 2. The molecule has 0 fully saturated rings. The molecule has 92 valence electrons. The number of rotatable bonds is 4. The van der Waals surface area contributed by atoms with Gasteiger partial charge in [0, 0.05) is 6.20 Å². The molecule has 0 spiro atoms. The zero-order valence-corrected chi connectivity index (χ0v) is 10.4. The molecule has 1 heterocycles. The van der Waals surface area contributed by atoms with E-state index in [4.69, 9.17) is 0 Å². The molecule has 17 heavy (non-hydrogen) atoms. The second-order valence-electron chi connectivity index (χ2n) is 4.10. The minimum atomic E-state index is -0.811. The predicted molar refractivity (Wildman–Crippen MR) is 61.4 cm³/mol. The van der Waals surface area contributed by atoms with Crippen molar-refractivity contribution in [3.05, 3.63) is 23.8 Å². The maximum atomic E-state index is 12.1. The minimum Gasteiger partial charge on any atom is -0.468 e. The van der Waals surface area contributed by atoms with E-state index >= 15 is 0 Å². The van der Waals surface area contributed by atoms with Crippen LogP contribution >= 0.6 is 0 Å². The van der Waals surface area contributed by atoms with Crippen LogP contribution in [-0.2, 0) is 9.53 Å². The second-order valence-corrected chi connectivity index (χ2v) is 4.10. The van der Waals surface area contributed by atoms with E-state index in [1.807, 2.05) is 0 Å². The molecule has 0 saturated heterocycles. The van der Waals surface area contributed by atoms with Gasteiger partial charge in [0.2, 0.25) is 0 Å². The van der Waals surface area contributed by atoms with Crippen molar-refractivity contribution in [3.63, 3.8) is 0 Å². The first-order valence-corrected chi connectivity index (χ1v) is 5.39. The average Bonchev–Trinajstić information content (AvgIpc) is 2.28. The summed E-state index contributed by atoms with van der Waals surface area (Å²) >= 11 is 0. The molecule has 0 N–H and O–H groups in total. The summed E-state index contributed by atoms with van der Waals surface area (Å²) in [7, 11) is 1.27. The molecule has 0 aliphatic rings. The highest BCUT2D eigenvalue weighted by Crippen LogP contribution is 2.17. The number of hydrogen-bond acceptors (Lipinski definition) is 5. The highest BCUT2D eigenvalue weighted by molar-refractivity contribution is 6.07. The van der Waals surface area contributed by atoms with Gasteiger partial charge in [-0.05, 0) is 18.9 Å². The van der Waals surface area contributed by atoms with Crippen molar-refractivity contribution >= 4 is 11.8 Å². The van der Waals surface area contributed by atoms with Gasteiger partial charge in [-0.2, -0.15) is 0 Å². The average molecular weight is 236 g/mol. The van der Waals surface area contributed by atoms with Gasteiger partial charge in [-0.15, -0.1) is 0 Å². The van der Waals surface area contributed by atoms with Crippen molar-refractivity contribution in [2.75, 3.05) is 7.11 Å². The summed E-state index contributed by atoms with van der Waals surface area (Å²) in [5, 5.41) is 0. The Morgan fingerprint density at radius 1 is 1.35 bits per heavy atom. The zero-order valence-electron chi connectivity index (χ0n) is 10.4. The van der Waals surface area contributed by atoms with Crippen molar-refractivity contribution in [1.29, 1.82) is 0 Å². The molecule has 0 bridgehead atoms. The van der Waals surface area contributed by atoms with Crippen LogP contribution in [0.5, 0.6) is 0 Å². The summed E-state index contributed by atoms with van der Waals surface area (Å²) in [5.41, 5.74) is 0.251. The summed E-state index contributed by atoms with van der Waals surface area (Å²) in [6, 6.07) is 1.51. The molecular weight excluding hydrogens is 220 g/mol. The standard InChI is InChI=1S/C12H16N2O3/c1-7(2)10(12(16)17-4)11(15)9-5-6-13-8(3)14-9/h5-7,10H,1-4H3. The molecular formula is C12H16N2O3. The summed E-state index contributed by atoms with van der Waals surface area (Å²) in [6.07, 6.45) is 1.50. The molecule has 1 unspecified atom stereocenters. The topological polar surface area (TPSA) is 69.2 Å². The molecule has 0 radical (unpaired) electrons. The third kappa shape index (κ3) is 3.09. The number of aryl methyl sites for hydroxylation is 1. The fourth-order valence-corrected chi connectivity index (χ4v) is 1.56. The molecule has 0 aromatic carbocycles. The number of methoxy groups -OCH3 is 1. The second kappa shape index (κ2) is 5.52. The SMILES string of the molecule is COC(=O)C(C(=O)c1ccnc(C)n1)C(C)C. The lowest BCUT2D eigenvalue weighted by Crippen LogP contribution is -2.30. The molecule has 1 atom stereocenters. The summed E-state index contributed by atoms with van der Waals surface area (Å²) < 4.78 is 4.64. The van der Waals surface area contributed by atoms with Gasteiger partial charge < -0.3 is 4.74 Å². The Hall–Kier alpha value is -1.78. The first-order chi connectivity index (χ1) is 7.97. The van der Waals surface area contributed by atoms with Gasteiger partial charge in [0.1, 0.15) is 17.4 Å². The molecule has 0 saturated carbocycles. The van der Waals surface area contributed by atoms with E-state index in [-0.39, 0.29) is 17.4 Å². The van der Waals surface area contributed by atoms with E-state index in [9.17, 15) is 9.59 Å². The molecule has 0 amide bonds. The van der Waals surface area contributed by atoms with Crippen LogP contribution in [-0.4, -0.2) is 28.8 Å². The normalized spacial score (nSPS) is 12.3. The molecule has 5 heteroatoms. The van der Waals surface area contributed by atoms with E-state index < -0.39 is 11.9 Å². The monoisotopic (exact) mass is 236 g/mol. The van der Waals surface area contributed by atoms with Crippen LogP contribution < -0.4 is 0 Å². The van der Waals surface area contributed by atoms with Crippen LogP contribution in [0.25, 0.3) is 0 Å². The fourth-order valence-electron chi connectivity index (χ4n) is 1.56. The Bertz CT molecular complexity index is 430. The Morgan fingerprint density at radius 3 is 2.47 bits per heavy atom. The maximum absolute atomic E-state index is 12.1. The van der Waals surface area contributed by atoms with Crippen molar-refractivity contribution in [2.24, 2.45) is 11.8 Å². The first kappa shape index (κ1) is 13.3. The third-order valence-electron chi connectivity index (χ3n) is 2.43. The number of esters is 1. The van der Waals surface area contributed by atoms with Gasteiger partial charge >= 0.3 is 5.97 Å². The highest BCUT2D eigenvalue weighted by Gasteiger charge is 2.32. The number of ether oxygens (including phenoxy) is 1. The van der Waals surface area contributed by atoms with Gasteiger partial charge in [0.15, 0.2) is 5.78 Å². The van der Waals surface area contributed by atoms with Gasteiger partial charge in [0.05, 0.1) is 7.11 Å². The van der Waals surface area contributed by atoms with E-state index in [1.165, 1.54) is 19.4 Å². The number of aromatic nitrogens is 2. The lowest BCUT2D eigenvalue weighted by atomic mass is 9.90. The van der Waals surface area contributed by atoms with Crippen molar-refractivity contribution in [1.82, 2.24) is 9.97 Å². The summed E-state index contributed by atoms with van der Waals surface area (Å²) in [5.74, 6) is -1.29. The Labute approximate surface area is 100 Å². The Morgan fingerprint density at radius 2 is 2.00 bits per heavy atom. The largest absolute Gasteiger partial charge is 0.468 e. The predicted octanol–water partition coefficient (Wildman–Crippen LogP) is 1.41. The zero-order chi connectivity index (χ0) is 13.0. The van der Waals surface area contributed by atoms with Crippen LogP contribution in [0.4, 0.5) is 0 Å². The van der Waals surface area contributed by atoms with E-state index in [0.29, 0.717) is 5.82 Å². The molecule has 0 aliphatic carbocycles. The lowest BCUT2D eigenvalue weighted by molar-refractivity contribution is -0.144. The molecule has 1 aromatic heterocycles. The minimum absolute atomic E-state index is 0.134. The number of ketones is 1. The molecule has 1 aromatic rings. The quantitative estimate of drug-likeness (QED) is 0.449.